The van der Waals surface area contributed by atoms with Crippen molar-refractivity contribution >= 4 is 23.8 Å². The Labute approximate surface area is 99.7 Å². The number of alkyl halides is 1. The molecule has 1 unspecified atom stereocenters. The molecule has 0 radical (unpaired) electrons. The highest BCUT2D eigenvalue weighted by atomic mass is 35.5. The Balaban J connectivity index is 2.19. The predicted octanol–water partition coefficient (Wildman–Crippen LogP) is 0.810. The van der Waals surface area contributed by atoms with Crippen LogP contribution in [0.15, 0.2) is 21.9 Å². The van der Waals surface area contributed by atoms with Gasteiger partial charge in [0, 0.05) is 25.9 Å². The molecule has 0 aromatic carbocycles. The summed E-state index contributed by atoms with van der Waals surface area (Å²) in [6.45, 7) is 3.69. The summed E-state index contributed by atoms with van der Waals surface area (Å²) < 4.78 is 0. The number of fused-ring (bicyclic) bond motifs is 1. The summed E-state index contributed by atoms with van der Waals surface area (Å²) in [5.41, 5.74) is 0.595. The van der Waals surface area contributed by atoms with Crippen molar-refractivity contribution < 1.29 is 5.11 Å². The molecule has 0 bridgehead atoms. The Bertz CT molecular complexity index is 353. The minimum Gasteiger partial charge on any atom is -0.396 e. The summed E-state index contributed by atoms with van der Waals surface area (Å²) in [7, 11) is 0. The van der Waals surface area contributed by atoms with Gasteiger partial charge in [-0.2, -0.15) is 0 Å². The quantitative estimate of drug-likeness (QED) is 0.586. The van der Waals surface area contributed by atoms with Gasteiger partial charge >= 0.3 is 0 Å². The molecule has 1 atom stereocenters. The van der Waals surface area contributed by atoms with Crippen molar-refractivity contribution in [1.29, 1.82) is 0 Å². The summed E-state index contributed by atoms with van der Waals surface area (Å²) in [6.07, 6.45) is 4.14. The zero-order valence-electron chi connectivity index (χ0n) is 9.17. The first kappa shape index (κ1) is 11.4. The largest absolute Gasteiger partial charge is 0.396 e. The van der Waals surface area contributed by atoms with E-state index in [0.717, 1.165) is 18.1 Å². The van der Waals surface area contributed by atoms with Crippen LogP contribution in [0.25, 0.3) is 0 Å². The van der Waals surface area contributed by atoms with E-state index in [-0.39, 0.29) is 12.2 Å². The van der Waals surface area contributed by atoms with Gasteiger partial charge in [-0.15, -0.1) is 0 Å². The Hall–Kier alpha value is -1.07. The number of aliphatic imine (C=N–C) groups is 2. The molecule has 0 aromatic rings. The van der Waals surface area contributed by atoms with Crippen LogP contribution < -0.4 is 0 Å². The molecule has 0 saturated carbocycles. The van der Waals surface area contributed by atoms with Gasteiger partial charge in [0.15, 0.2) is 11.5 Å². The van der Waals surface area contributed by atoms with Crippen molar-refractivity contribution in [2.24, 2.45) is 9.98 Å². The lowest BCUT2D eigenvalue weighted by atomic mass is 10.3. The average molecular weight is 243 g/mol. The highest BCUT2D eigenvalue weighted by Gasteiger charge is 2.31. The Morgan fingerprint density at radius 1 is 1.56 bits per heavy atom. The van der Waals surface area contributed by atoms with Gasteiger partial charge in [-0.25, -0.2) is 9.98 Å². The lowest BCUT2D eigenvalue weighted by Crippen LogP contribution is -2.49. The van der Waals surface area contributed by atoms with E-state index in [4.69, 9.17) is 16.7 Å². The van der Waals surface area contributed by atoms with Gasteiger partial charge in [0.2, 0.25) is 0 Å². The molecule has 0 saturated heterocycles. The van der Waals surface area contributed by atoms with Crippen molar-refractivity contribution in [3.05, 3.63) is 11.9 Å². The first-order valence-corrected chi connectivity index (χ1v) is 5.81. The van der Waals surface area contributed by atoms with E-state index in [2.05, 4.69) is 9.98 Å². The number of hydrogen-bond acceptors (Lipinski definition) is 5. The second kappa shape index (κ2) is 4.84. The molecule has 5 nitrogen and oxygen atoms in total. The van der Waals surface area contributed by atoms with Crippen LogP contribution in [0.3, 0.4) is 0 Å². The minimum atomic E-state index is -0.249. The standard InChI is InChI=1S/C10H15ClN4O/c1-2-15-9-8(12-7-13-9)6-14(10(15)11)4-3-5-16/h6-7,10,16H,2-5H2,1H3. The number of rotatable bonds is 4. The number of aliphatic hydroxyl groups is 1. The third-order valence-electron chi connectivity index (χ3n) is 2.61. The molecule has 16 heavy (non-hydrogen) atoms. The van der Waals surface area contributed by atoms with Gasteiger partial charge in [0.25, 0.3) is 0 Å². The van der Waals surface area contributed by atoms with Crippen molar-refractivity contribution in [3.63, 3.8) is 0 Å². The van der Waals surface area contributed by atoms with E-state index < -0.39 is 0 Å². The Morgan fingerprint density at radius 3 is 3.06 bits per heavy atom. The number of amidine groups is 1. The molecule has 2 aliphatic heterocycles. The lowest BCUT2D eigenvalue weighted by molar-refractivity contribution is 0.184. The smallest absolute Gasteiger partial charge is 0.181 e. The molecule has 2 aliphatic rings. The summed E-state index contributed by atoms with van der Waals surface area (Å²) in [5, 5.41) is 8.84. The van der Waals surface area contributed by atoms with Gasteiger partial charge in [-0.05, 0) is 13.3 Å². The number of aliphatic hydroxyl groups excluding tert-OH is 1. The summed E-state index contributed by atoms with van der Waals surface area (Å²) >= 11 is 6.34. The Kier molecular flexibility index (Phi) is 3.46. The maximum Gasteiger partial charge on any atom is 0.181 e. The number of nitrogens with zero attached hydrogens (tertiary/aromatic N) is 4. The molecule has 88 valence electrons. The van der Waals surface area contributed by atoms with Gasteiger partial charge in [-0.1, -0.05) is 11.6 Å². The highest BCUT2D eigenvalue weighted by molar-refractivity contribution is 6.22. The third-order valence-corrected chi connectivity index (χ3v) is 3.10. The molecule has 2 heterocycles. The second-order valence-corrected chi connectivity index (χ2v) is 4.01. The van der Waals surface area contributed by atoms with Crippen LogP contribution >= 0.6 is 11.6 Å². The molecule has 0 fully saturated rings. The summed E-state index contributed by atoms with van der Waals surface area (Å²) in [4.78, 5) is 12.3. The minimum absolute atomic E-state index is 0.166. The molecular formula is C10H15ClN4O. The van der Waals surface area contributed by atoms with Crippen LogP contribution in [0.4, 0.5) is 0 Å². The first-order chi connectivity index (χ1) is 7.77. The summed E-state index contributed by atoms with van der Waals surface area (Å²) in [6, 6.07) is 0. The first-order valence-electron chi connectivity index (χ1n) is 5.37. The maximum absolute atomic E-state index is 8.84. The SMILES string of the molecule is CCN1C2=NC=NC2=CN(CCCO)C1Cl. The van der Waals surface area contributed by atoms with Crippen molar-refractivity contribution in [2.75, 3.05) is 19.7 Å². The fourth-order valence-electron chi connectivity index (χ4n) is 1.81. The zero-order chi connectivity index (χ0) is 11.5. The monoisotopic (exact) mass is 242 g/mol. The van der Waals surface area contributed by atoms with Crippen LogP contribution in [0, 0.1) is 0 Å². The van der Waals surface area contributed by atoms with Gasteiger partial charge in [0.05, 0.1) is 0 Å². The van der Waals surface area contributed by atoms with E-state index >= 15 is 0 Å². The topological polar surface area (TPSA) is 51.4 Å². The van der Waals surface area contributed by atoms with Gasteiger partial charge in [0.1, 0.15) is 12.0 Å². The number of halogens is 1. The maximum atomic E-state index is 8.84. The fourth-order valence-corrected chi connectivity index (χ4v) is 2.19. The van der Waals surface area contributed by atoms with E-state index in [1.807, 2.05) is 22.9 Å². The van der Waals surface area contributed by atoms with Crippen molar-refractivity contribution in [3.8, 4) is 0 Å². The molecule has 0 spiro atoms. The predicted molar refractivity (Wildman–Crippen MR) is 64.4 cm³/mol. The molecule has 2 rings (SSSR count). The molecule has 0 aromatic heterocycles. The van der Waals surface area contributed by atoms with Crippen LogP contribution in [0.1, 0.15) is 13.3 Å². The van der Waals surface area contributed by atoms with Crippen LogP contribution in [0.5, 0.6) is 0 Å². The van der Waals surface area contributed by atoms with Crippen molar-refractivity contribution in [2.45, 2.75) is 19.0 Å². The van der Waals surface area contributed by atoms with Crippen LogP contribution in [-0.4, -0.2) is 52.4 Å². The molecule has 0 amide bonds. The summed E-state index contributed by atoms with van der Waals surface area (Å²) in [5.74, 6) is 0.836. The van der Waals surface area contributed by atoms with E-state index in [0.29, 0.717) is 13.0 Å². The van der Waals surface area contributed by atoms with E-state index in [9.17, 15) is 0 Å². The highest BCUT2D eigenvalue weighted by Crippen LogP contribution is 2.24. The molecular weight excluding hydrogens is 228 g/mol. The van der Waals surface area contributed by atoms with E-state index in [1.54, 1.807) is 6.34 Å². The Morgan fingerprint density at radius 2 is 2.38 bits per heavy atom. The van der Waals surface area contributed by atoms with Crippen molar-refractivity contribution in [1.82, 2.24) is 9.80 Å². The fraction of sp³-hybridized carbons (Fsp3) is 0.600. The molecule has 6 heteroatoms. The number of likely N-dealkylation sites (N-methyl/N-ethyl adjacent to an activating group) is 1. The van der Waals surface area contributed by atoms with Crippen LogP contribution in [0.2, 0.25) is 0 Å². The van der Waals surface area contributed by atoms with Gasteiger partial charge in [-0.3, -0.25) is 0 Å². The third kappa shape index (κ3) is 1.92. The van der Waals surface area contributed by atoms with Crippen LogP contribution in [-0.2, 0) is 0 Å². The second-order valence-electron chi connectivity index (χ2n) is 3.62. The lowest BCUT2D eigenvalue weighted by Gasteiger charge is -2.39. The van der Waals surface area contributed by atoms with Gasteiger partial charge < -0.3 is 14.9 Å². The normalized spacial score (nSPS) is 23.3. The average Bonchev–Trinajstić information content (AvgIpc) is 2.74. The molecule has 0 aliphatic carbocycles. The number of hydrogen-bond donors (Lipinski definition) is 1. The van der Waals surface area contributed by atoms with E-state index in [1.165, 1.54) is 0 Å². The zero-order valence-corrected chi connectivity index (χ0v) is 9.93. The molecule has 1 N–H and O–H groups in total.